The Hall–Kier alpha value is -3.94. The number of fused-ring (bicyclic) bond motifs is 1. The molecule has 0 unspecified atom stereocenters. The van der Waals surface area contributed by atoms with Gasteiger partial charge in [0.2, 0.25) is 0 Å². The van der Waals surface area contributed by atoms with Crippen LogP contribution in [0.3, 0.4) is 0 Å². The van der Waals surface area contributed by atoms with Crippen LogP contribution in [0.4, 0.5) is 11.4 Å². The maximum absolute atomic E-state index is 13.3. The first-order chi connectivity index (χ1) is 17.9. The molecule has 4 aromatic rings. The third-order valence-electron chi connectivity index (χ3n) is 6.14. The Morgan fingerprint density at radius 3 is 2.51 bits per heavy atom. The van der Waals surface area contributed by atoms with Gasteiger partial charge >= 0.3 is 0 Å². The van der Waals surface area contributed by atoms with E-state index in [1.165, 1.54) is 17.3 Å². The van der Waals surface area contributed by atoms with Gasteiger partial charge in [0.1, 0.15) is 5.75 Å². The fraction of sp³-hybridized carbons (Fsp3) is 0.100. The lowest BCUT2D eigenvalue weighted by Gasteiger charge is -2.17. The van der Waals surface area contributed by atoms with Crippen LogP contribution in [-0.2, 0) is 9.59 Å². The number of amides is 2. The Morgan fingerprint density at radius 2 is 1.73 bits per heavy atom. The van der Waals surface area contributed by atoms with Crippen LogP contribution in [0.15, 0.2) is 89.8 Å². The van der Waals surface area contributed by atoms with E-state index in [-0.39, 0.29) is 18.4 Å². The van der Waals surface area contributed by atoms with E-state index in [1.54, 1.807) is 17.0 Å². The fourth-order valence-corrected chi connectivity index (χ4v) is 5.34. The van der Waals surface area contributed by atoms with Crippen LogP contribution < -0.4 is 15.0 Å². The van der Waals surface area contributed by atoms with Crippen molar-refractivity contribution >= 4 is 68.3 Å². The van der Waals surface area contributed by atoms with E-state index in [2.05, 4.69) is 5.32 Å². The van der Waals surface area contributed by atoms with Gasteiger partial charge in [-0.2, -0.15) is 0 Å². The summed E-state index contributed by atoms with van der Waals surface area (Å²) in [5, 5.41) is 4.88. The van der Waals surface area contributed by atoms with Crippen molar-refractivity contribution in [2.75, 3.05) is 16.8 Å². The van der Waals surface area contributed by atoms with Crippen molar-refractivity contribution in [3.63, 3.8) is 0 Å². The third-order valence-corrected chi connectivity index (χ3v) is 7.44. The molecule has 0 spiro atoms. The highest BCUT2D eigenvalue weighted by Crippen LogP contribution is 2.39. The standard InChI is InChI=1S/C30H24N2O3S2/c1-19-10-13-23(16-20(19)2)31-28(33)18-35-24-14-11-21(12-15-24)17-27-29(34)32(30(36)37-27)26-9-5-7-22-6-3-4-8-25(22)26/h3-17H,18H2,1-2H3,(H,31,33)/b27-17+. The average molecular weight is 525 g/mol. The van der Waals surface area contributed by atoms with Crippen LogP contribution in [0.5, 0.6) is 5.75 Å². The third kappa shape index (κ3) is 5.43. The number of anilines is 2. The molecule has 1 N–H and O–H groups in total. The lowest BCUT2D eigenvalue weighted by molar-refractivity contribution is -0.118. The molecule has 37 heavy (non-hydrogen) atoms. The van der Waals surface area contributed by atoms with Crippen LogP contribution in [0.2, 0.25) is 0 Å². The van der Waals surface area contributed by atoms with Crippen molar-refractivity contribution in [2.24, 2.45) is 0 Å². The highest BCUT2D eigenvalue weighted by molar-refractivity contribution is 8.27. The molecule has 1 fully saturated rings. The number of nitrogens with zero attached hydrogens (tertiary/aromatic N) is 1. The average Bonchev–Trinajstić information content (AvgIpc) is 3.17. The quantitative estimate of drug-likeness (QED) is 0.220. The van der Waals surface area contributed by atoms with E-state index in [0.29, 0.717) is 15.0 Å². The summed E-state index contributed by atoms with van der Waals surface area (Å²) in [6, 6.07) is 26.8. The zero-order chi connectivity index (χ0) is 25.9. The first-order valence-electron chi connectivity index (χ1n) is 11.7. The molecule has 5 rings (SSSR count). The summed E-state index contributed by atoms with van der Waals surface area (Å²) in [6.45, 7) is 3.93. The largest absolute Gasteiger partial charge is 0.484 e. The Labute approximate surface area is 225 Å². The molecular weight excluding hydrogens is 500 g/mol. The summed E-state index contributed by atoms with van der Waals surface area (Å²) in [5.41, 5.74) is 4.65. The van der Waals surface area contributed by atoms with Gasteiger partial charge in [0.25, 0.3) is 11.8 Å². The SMILES string of the molecule is Cc1ccc(NC(=O)COc2ccc(/C=C3/SC(=S)N(c4cccc5ccccc45)C3=O)cc2)cc1C. The Balaban J connectivity index is 1.24. The molecule has 1 aliphatic rings. The first kappa shape index (κ1) is 24.7. The normalized spacial score (nSPS) is 14.4. The second kappa shape index (κ2) is 10.6. The predicted molar refractivity (Wildman–Crippen MR) is 156 cm³/mol. The summed E-state index contributed by atoms with van der Waals surface area (Å²) in [5.74, 6) is 0.190. The van der Waals surface area contributed by atoms with E-state index >= 15 is 0 Å². The monoisotopic (exact) mass is 524 g/mol. The fourth-order valence-electron chi connectivity index (χ4n) is 4.06. The van der Waals surface area contributed by atoms with Gasteiger partial charge in [-0.3, -0.25) is 14.5 Å². The molecule has 0 aromatic heterocycles. The van der Waals surface area contributed by atoms with E-state index in [1.807, 2.05) is 92.7 Å². The first-order valence-corrected chi connectivity index (χ1v) is 13.0. The number of rotatable bonds is 6. The minimum atomic E-state index is -0.232. The second-order valence-corrected chi connectivity index (χ2v) is 10.4. The van der Waals surface area contributed by atoms with Crippen molar-refractivity contribution < 1.29 is 14.3 Å². The van der Waals surface area contributed by atoms with Crippen molar-refractivity contribution in [1.82, 2.24) is 0 Å². The zero-order valence-electron chi connectivity index (χ0n) is 20.4. The summed E-state index contributed by atoms with van der Waals surface area (Å²) >= 11 is 6.85. The number of carbonyl (C=O) groups excluding carboxylic acids is 2. The highest BCUT2D eigenvalue weighted by atomic mass is 32.2. The molecule has 1 heterocycles. The molecule has 4 aromatic carbocycles. The molecule has 0 bridgehead atoms. The van der Waals surface area contributed by atoms with Crippen LogP contribution in [0.1, 0.15) is 16.7 Å². The molecular formula is C30H24N2O3S2. The number of thiocarbonyl (C=S) groups is 1. The molecule has 1 saturated heterocycles. The van der Waals surface area contributed by atoms with Gasteiger partial charge in [-0.1, -0.05) is 78.6 Å². The summed E-state index contributed by atoms with van der Waals surface area (Å²) < 4.78 is 6.14. The van der Waals surface area contributed by atoms with Gasteiger partial charge in [0.05, 0.1) is 10.6 Å². The molecule has 7 heteroatoms. The van der Waals surface area contributed by atoms with Gasteiger partial charge in [-0.25, -0.2) is 0 Å². The Bertz CT molecular complexity index is 1560. The zero-order valence-corrected chi connectivity index (χ0v) is 22.0. The number of aryl methyl sites for hydroxylation is 2. The van der Waals surface area contributed by atoms with E-state index in [9.17, 15) is 9.59 Å². The lowest BCUT2D eigenvalue weighted by Crippen LogP contribution is -2.27. The van der Waals surface area contributed by atoms with Gasteiger partial charge in [0.15, 0.2) is 10.9 Å². The van der Waals surface area contributed by atoms with Gasteiger partial charge in [-0.05, 0) is 72.3 Å². The van der Waals surface area contributed by atoms with Crippen LogP contribution >= 0.6 is 24.0 Å². The van der Waals surface area contributed by atoms with Crippen LogP contribution in [0, 0.1) is 13.8 Å². The number of nitrogens with one attached hydrogen (secondary N) is 1. The molecule has 0 aliphatic carbocycles. The maximum atomic E-state index is 13.3. The predicted octanol–water partition coefficient (Wildman–Crippen LogP) is 6.88. The summed E-state index contributed by atoms with van der Waals surface area (Å²) in [7, 11) is 0. The van der Waals surface area contributed by atoms with Gasteiger partial charge in [0, 0.05) is 11.1 Å². The molecule has 184 valence electrons. The van der Waals surface area contributed by atoms with E-state index in [4.69, 9.17) is 17.0 Å². The van der Waals surface area contributed by atoms with Crippen molar-refractivity contribution in [1.29, 1.82) is 0 Å². The molecule has 1 aliphatic heterocycles. The number of hydrogen-bond acceptors (Lipinski definition) is 5. The minimum Gasteiger partial charge on any atom is -0.484 e. The second-order valence-electron chi connectivity index (χ2n) is 8.72. The lowest BCUT2D eigenvalue weighted by atomic mass is 10.1. The smallest absolute Gasteiger partial charge is 0.270 e. The number of thioether (sulfide) groups is 1. The van der Waals surface area contributed by atoms with Gasteiger partial charge in [-0.15, -0.1) is 0 Å². The number of hydrogen-bond donors (Lipinski definition) is 1. The number of benzene rings is 4. The number of carbonyl (C=O) groups is 2. The Kier molecular flexibility index (Phi) is 7.08. The summed E-state index contributed by atoms with van der Waals surface area (Å²) in [6.07, 6.45) is 1.82. The number of ether oxygens (including phenoxy) is 1. The summed E-state index contributed by atoms with van der Waals surface area (Å²) in [4.78, 5) is 27.7. The van der Waals surface area contributed by atoms with Crippen molar-refractivity contribution in [2.45, 2.75) is 13.8 Å². The molecule has 5 nitrogen and oxygen atoms in total. The molecule has 0 radical (unpaired) electrons. The topological polar surface area (TPSA) is 58.6 Å². The Morgan fingerprint density at radius 1 is 0.973 bits per heavy atom. The van der Waals surface area contributed by atoms with Crippen LogP contribution in [-0.4, -0.2) is 22.7 Å². The maximum Gasteiger partial charge on any atom is 0.270 e. The minimum absolute atomic E-state index is 0.101. The van der Waals surface area contributed by atoms with E-state index < -0.39 is 0 Å². The molecule has 2 amide bonds. The van der Waals surface area contributed by atoms with Crippen molar-refractivity contribution in [3.05, 3.63) is 107 Å². The highest BCUT2D eigenvalue weighted by Gasteiger charge is 2.34. The molecule has 0 saturated carbocycles. The van der Waals surface area contributed by atoms with E-state index in [0.717, 1.165) is 33.3 Å². The van der Waals surface area contributed by atoms with Crippen LogP contribution in [0.25, 0.3) is 16.8 Å². The van der Waals surface area contributed by atoms with Gasteiger partial charge < -0.3 is 10.1 Å². The van der Waals surface area contributed by atoms with Crippen molar-refractivity contribution in [3.8, 4) is 5.75 Å². The molecule has 0 atom stereocenters.